The zero-order valence-electron chi connectivity index (χ0n) is 17.9. The first-order valence-electron chi connectivity index (χ1n) is 9.42. The van der Waals surface area contributed by atoms with E-state index in [1.54, 1.807) is 0 Å². The van der Waals surface area contributed by atoms with Crippen LogP contribution in [0.2, 0.25) is 0 Å². The van der Waals surface area contributed by atoms with E-state index in [9.17, 15) is 4.79 Å². The molecule has 0 aliphatic carbocycles. The van der Waals surface area contributed by atoms with Crippen LogP contribution in [-0.2, 0) is 24.9 Å². The third-order valence-corrected chi connectivity index (χ3v) is 6.31. The predicted octanol–water partition coefficient (Wildman–Crippen LogP) is 3.54. The molecule has 1 amide bonds. The maximum Gasteiger partial charge on any atom is 0.494 e. The summed E-state index contributed by atoms with van der Waals surface area (Å²) >= 11 is 0. The Kier molecular flexibility index (Phi) is 4.00. The molecule has 26 heavy (non-hydrogen) atoms. The normalized spacial score (nSPS) is 23.5. The number of likely N-dealkylation sites (N-methyl/N-ethyl adjacent to an activating group) is 1. The standard InChI is InChI=1S/C21H32BNO3/c1-18(2,3)14-11-13(22-25-20(6,7)21(8,9)26-22)12-15-16(14)23(10)17(24)19(15,4)5/h11-12H,1-10H3. The molecule has 0 spiro atoms. The van der Waals surface area contributed by atoms with Gasteiger partial charge in [-0.2, -0.15) is 0 Å². The van der Waals surface area contributed by atoms with Crippen LogP contribution in [0.5, 0.6) is 0 Å². The second kappa shape index (κ2) is 5.36. The molecule has 1 fully saturated rings. The summed E-state index contributed by atoms with van der Waals surface area (Å²) in [6.07, 6.45) is 0. The minimum Gasteiger partial charge on any atom is -0.399 e. The second-order valence-corrected chi connectivity index (χ2v) is 10.3. The molecule has 2 aliphatic rings. The van der Waals surface area contributed by atoms with Gasteiger partial charge in [-0.3, -0.25) is 4.79 Å². The monoisotopic (exact) mass is 357 g/mol. The van der Waals surface area contributed by atoms with E-state index in [-0.39, 0.29) is 22.5 Å². The van der Waals surface area contributed by atoms with Gasteiger partial charge in [0.15, 0.2) is 0 Å². The van der Waals surface area contributed by atoms with Crippen molar-refractivity contribution in [3.8, 4) is 0 Å². The van der Waals surface area contributed by atoms with E-state index in [4.69, 9.17) is 9.31 Å². The van der Waals surface area contributed by atoms with Crippen molar-refractivity contribution in [2.75, 3.05) is 11.9 Å². The number of anilines is 1. The lowest BCUT2D eigenvalue weighted by atomic mass is 9.71. The topological polar surface area (TPSA) is 38.8 Å². The maximum absolute atomic E-state index is 12.9. The fraction of sp³-hybridized carbons (Fsp3) is 0.667. The van der Waals surface area contributed by atoms with Crippen LogP contribution in [-0.4, -0.2) is 31.3 Å². The second-order valence-electron chi connectivity index (χ2n) is 10.3. The Hall–Kier alpha value is -1.33. The fourth-order valence-corrected chi connectivity index (χ4v) is 3.82. The number of amides is 1. The van der Waals surface area contributed by atoms with E-state index in [1.807, 2.05) is 25.8 Å². The molecule has 142 valence electrons. The lowest BCUT2D eigenvalue weighted by molar-refractivity contribution is -0.121. The van der Waals surface area contributed by atoms with Gasteiger partial charge in [-0.15, -0.1) is 0 Å². The lowest BCUT2D eigenvalue weighted by Gasteiger charge is -2.32. The van der Waals surface area contributed by atoms with Crippen LogP contribution in [0, 0.1) is 0 Å². The third kappa shape index (κ3) is 2.63. The molecule has 0 saturated carbocycles. The summed E-state index contributed by atoms with van der Waals surface area (Å²) < 4.78 is 12.6. The molecule has 1 aromatic carbocycles. The number of rotatable bonds is 1. The van der Waals surface area contributed by atoms with Crippen molar-refractivity contribution < 1.29 is 14.1 Å². The van der Waals surface area contributed by atoms with Crippen LogP contribution < -0.4 is 10.4 Å². The van der Waals surface area contributed by atoms with E-state index < -0.39 is 12.5 Å². The van der Waals surface area contributed by atoms with Crippen LogP contribution in [0.3, 0.4) is 0 Å². The molecule has 2 heterocycles. The largest absolute Gasteiger partial charge is 0.494 e. The van der Waals surface area contributed by atoms with Crippen LogP contribution >= 0.6 is 0 Å². The molecular weight excluding hydrogens is 325 g/mol. The molecule has 0 radical (unpaired) electrons. The number of nitrogens with zero attached hydrogens (tertiary/aromatic N) is 1. The highest BCUT2D eigenvalue weighted by Crippen LogP contribution is 2.46. The van der Waals surface area contributed by atoms with Crippen molar-refractivity contribution in [3.05, 3.63) is 23.3 Å². The Balaban J connectivity index is 2.20. The number of carbonyl (C=O) groups is 1. The molecule has 0 unspecified atom stereocenters. The van der Waals surface area contributed by atoms with Crippen molar-refractivity contribution in [1.29, 1.82) is 0 Å². The van der Waals surface area contributed by atoms with Gasteiger partial charge in [-0.1, -0.05) is 32.9 Å². The van der Waals surface area contributed by atoms with Crippen molar-refractivity contribution in [1.82, 2.24) is 0 Å². The minimum atomic E-state index is -0.552. The van der Waals surface area contributed by atoms with Gasteiger partial charge in [0.05, 0.1) is 22.3 Å². The number of hydrogen-bond acceptors (Lipinski definition) is 3. The van der Waals surface area contributed by atoms with E-state index in [0.717, 1.165) is 22.3 Å². The van der Waals surface area contributed by atoms with Gasteiger partial charge in [0.1, 0.15) is 0 Å². The summed E-state index contributed by atoms with van der Waals surface area (Å²) in [6, 6.07) is 4.26. The molecule has 1 aromatic rings. The molecule has 0 bridgehead atoms. The van der Waals surface area contributed by atoms with Crippen molar-refractivity contribution in [2.24, 2.45) is 0 Å². The molecule has 0 atom stereocenters. The van der Waals surface area contributed by atoms with E-state index in [2.05, 4.69) is 60.6 Å². The Labute approximate surface area is 158 Å². The van der Waals surface area contributed by atoms with Crippen LogP contribution in [0.4, 0.5) is 5.69 Å². The van der Waals surface area contributed by atoms with Gasteiger partial charge in [-0.25, -0.2) is 0 Å². The molecule has 2 aliphatic heterocycles. The Morgan fingerprint density at radius 1 is 0.962 bits per heavy atom. The summed E-state index contributed by atoms with van der Waals surface area (Å²) in [5.41, 5.74) is 2.81. The van der Waals surface area contributed by atoms with Gasteiger partial charge in [0.25, 0.3) is 0 Å². The molecule has 0 N–H and O–H groups in total. The van der Waals surface area contributed by atoms with Crippen molar-refractivity contribution >= 4 is 24.2 Å². The van der Waals surface area contributed by atoms with E-state index in [1.165, 1.54) is 0 Å². The van der Waals surface area contributed by atoms with E-state index >= 15 is 0 Å². The van der Waals surface area contributed by atoms with Gasteiger partial charge in [0, 0.05) is 7.05 Å². The molecule has 3 rings (SSSR count). The van der Waals surface area contributed by atoms with Gasteiger partial charge >= 0.3 is 7.12 Å². The zero-order valence-corrected chi connectivity index (χ0v) is 17.9. The van der Waals surface area contributed by atoms with Crippen LogP contribution in [0.25, 0.3) is 0 Å². The Bertz CT molecular complexity index is 758. The lowest BCUT2D eigenvalue weighted by Crippen LogP contribution is -2.41. The number of carbonyl (C=O) groups excluding carboxylic acids is 1. The van der Waals surface area contributed by atoms with Crippen LogP contribution in [0.15, 0.2) is 12.1 Å². The molecular formula is C21H32BNO3. The highest BCUT2D eigenvalue weighted by Gasteiger charge is 2.53. The SMILES string of the molecule is CN1C(=O)C(C)(C)c2cc(B3OC(C)(C)C(C)(C)O3)cc(C(C)(C)C)c21. The Morgan fingerprint density at radius 3 is 1.92 bits per heavy atom. The van der Waals surface area contributed by atoms with Gasteiger partial charge < -0.3 is 14.2 Å². The summed E-state index contributed by atoms with van der Waals surface area (Å²) in [6.45, 7) is 18.8. The van der Waals surface area contributed by atoms with Gasteiger partial charge in [0.2, 0.25) is 5.91 Å². The number of fused-ring (bicyclic) bond motifs is 1. The first-order chi connectivity index (χ1) is 11.6. The van der Waals surface area contributed by atoms with Crippen molar-refractivity contribution in [2.45, 2.75) is 84.3 Å². The summed E-state index contributed by atoms with van der Waals surface area (Å²) in [4.78, 5) is 14.7. The highest BCUT2D eigenvalue weighted by molar-refractivity contribution is 6.62. The number of benzene rings is 1. The summed E-state index contributed by atoms with van der Waals surface area (Å²) in [5.74, 6) is 0.129. The maximum atomic E-state index is 12.9. The molecule has 4 nitrogen and oxygen atoms in total. The molecule has 5 heteroatoms. The first-order valence-corrected chi connectivity index (χ1v) is 9.42. The quantitative estimate of drug-likeness (QED) is 0.722. The summed E-state index contributed by atoms with van der Waals surface area (Å²) in [7, 11) is 1.45. The Morgan fingerprint density at radius 2 is 1.46 bits per heavy atom. The predicted molar refractivity (Wildman–Crippen MR) is 107 cm³/mol. The summed E-state index contributed by atoms with van der Waals surface area (Å²) in [5, 5.41) is 0. The molecule has 0 aromatic heterocycles. The fourth-order valence-electron chi connectivity index (χ4n) is 3.82. The van der Waals surface area contributed by atoms with E-state index in [0.29, 0.717) is 0 Å². The van der Waals surface area contributed by atoms with Crippen molar-refractivity contribution in [3.63, 3.8) is 0 Å². The minimum absolute atomic E-state index is 0.0985. The molecule has 1 saturated heterocycles. The smallest absolute Gasteiger partial charge is 0.399 e. The number of hydrogen-bond donors (Lipinski definition) is 0. The highest BCUT2D eigenvalue weighted by atomic mass is 16.7. The average molecular weight is 357 g/mol. The average Bonchev–Trinajstić information content (AvgIpc) is 2.80. The van der Waals surface area contributed by atoms with Gasteiger partial charge in [-0.05, 0) is 63.5 Å². The first kappa shape index (κ1) is 19.4. The third-order valence-electron chi connectivity index (χ3n) is 6.31. The zero-order chi connectivity index (χ0) is 19.9. The van der Waals surface area contributed by atoms with Crippen LogP contribution in [0.1, 0.15) is 73.4 Å².